The summed E-state index contributed by atoms with van der Waals surface area (Å²) < 4.78 is 5.64. The van der Waals surface area contributed by atoms with E-state index in [-0.39, 0.29) is 17.1 Å². The average molecular weight is 278 g/mol. The van der Waals surface area contributed by atoms with Gasteiger partial charge in [-0.1, -0.05) is 0 Å². The van der Waals surface area contributed by atoms with Crippen LogP contribution < -0.4 is 4.90 Å². The number of hydrogen-bond donors (Lipinski definition) is 0. The van der Waals surface area contributed by atoms with Gasteiger partial charge in [0.1, 0.15) is 0 Å². The van der Waals surface area contributed by atoms with E-state index in [1.165, 1.54) is 19.1 Å². The number of benzene rings is 1. The van der Waals surface area contributed by atoms with Crippen LogP contribution in [0, 0.1) is 10.1 Å². The second-order valence-corrected chi connectivity index (χ2v) is 5.54. The Morgan fingerprint density at radius 3 is 2.70 bits per heavy atom. The summed E-state index contributed by atoms with van der Waals surface area (Å²) in [5.74, 6) is -0.173. The van der Waals surface area contributed by atoms with Crippen molar-refractivity contribution >= 4 is 17.2 Å². The smallest absolute Gasteiger partial charge is 0.270 e. The number of Topliss-reactive ketones (excluding diaryl/α,β-unsaturated/α-hetero) is 1. The average Bonchev–Trinajstić information content (AvgIpc) is 2.36. The highest BCUT2D eigenvalue weighted by atomic mass is 16.6. The zero-order valence-corrected chi connectivity index (χ0v) is 11.9. The molecule has 1 aliphatic rings. The molecule has 0 aliphatic carbocycles. The van der Waals surface area contributed by atoms with Crippen LogP contribution in [0.25, 0.3) is 0 Å². The Labute approximate surface area is 117 Å². The van der Waals surface area contributed by atoms with Crippen molar-refractivity contribution in [3.05, 3.63) is 33.9 Å². The van der Waals surface area contributed by atoms with E-state index in [0.29, 0.717) is 25.3 Å². The fourth-order valence-corrected chi connectivity index (χ4v) is 2.42. The fraction of sp³-hybridized carbons (Fsp3) is 0.500. The van der Waals surface area contributed by atoms with Crippen molar-refractivity contribution in [2.45, 2.75) is 26.4 Å². The van der Waals surface area contributed by atoms with Crippen molar-refractivity contribution in [3.63, 3.8) is 0 Å². The molecule has 0 aromatic heterocycles. The van der Waals surface area contributed by atoms with E-state index in [9.17, 15) is 14.9 Å². The number of ether oxygens (including phenoxy) is 1. The minimum absolute atomic E-state index is 0.0635. The molecule has 108 valence electrons. The maximum Gasteiger partial charge on any atom is 0.270 e. The summed E-state index contributed by atoms with van der Waals surface area (Å²) in [6.45, 7) is 7.28. The molecule has 0 saturated carbocycles. The van der Waals surface area contributed by atoms with Crippen molar-refractivity contribution in [3.8, 4) is 0 Å². The molecule has 0 atom stereocenters. The van der Waals surface area contributed by atoms with Crippen LogP contribution in [-0.2, 0) is 4.74 Å². The highest BCUT2D eigenvalue weighted by Crippen LogP contribution is 2.29. The van der Waals surface area contributed by atoms with E-state index >= 15 is 0 Å². The summed E-state index contributed by atoms with van der Waals surface area (Å²) in [6.07, 6.45) is 0. The number of nitrogens with zero attached hydrogens (tertiary/aromatic N) is 2. The molecule has 2 rings (SSSR count). The summed E-state index contributed by atoms with van der Waals surface area (Å²) in [4.78, 5) is 24.2. The normalized spacial score (nSPS) is 17.9. The second-order valence-electron chi connectivity index (χ2n) is 5.54. The topological polar surface area (TPSA) is 72.7 Å². The van der Waals surface area contributed by atoms with Gasteiger partial charge in [-0.2, -0.15) is 0 Å². The van der Waals surface area contributed by atoms with E-state index in [4.69, 9.17) is 4.74 Å². The van der Waals surface area contributed by atoms with Crippen molar-refractivity contribution in [2.24, 2.45) is 0 Å². The lowest BCUT2D eigenvalue weighted by molar-refractivity contribution is -0.384. The molecule has 1 heterocycles. The molecule has 0 radical (unpaired) electrons. The van der Waals surface area contributed by atoms with Crippen molar-refractivity contribution in [1.29, 1.82) is 0 Å². The minimum Gasteiger partial charge on any atom is -0.372 e. The summed E-state index contributed by atoms with van der Waals surface area (Å²) in [6, 6.07) is 4.43. The molecule has 0 N–H and O–H groups in total. The Morgan fingerprint density at radius 1 is 1.45 bits per heavy atom. The Hall–Kier alpha value is -1.95. The van der Waals surface area contributed by atoms with Crippen LogP contribution in [0.4, 0.5) is 11.4 Å². The lowest BCUT2D eigenvalue weighted by Crippen LogP contribution is -2.48. The number of ketones is 1. The summed E-state index contributed by atoms with van der Waals surface area (Å²) in [7, 11) is 0. The van der Waals surface area contributed by atoms with Gasteiger partial charge >= 0.3 is 0 Å². The molecule has 1 aromatic carbocycles. The van der Waals surface area contributed by atoms with Gasteiger partial charge in [0.25, 0.3) is 5.69 Å². The lowest BCUT2D eigenvalue weighted by atomic mass is 10.0. The summed E-state index contributed by atoms with van der Waals surface area (Å²) in [5, 5.41) is 10.8. The van der Waals surface area contributed by atoms with Gasteiger partial charge in [-0.3, -0.25) is 14.9 Å². The van der Waals surface area contributed by atoms with Crippen LogP contribution in [0.1, 0.15) is 31.1 Å². The van der Waals surface area contributed by atoms with E-state index < -0.39 is 4.92 Å². The second kappa shape index (κ2) is 5.20. The van der Waals surface area contributed by atoms with Gasteiger partial charge in [0.2, 0.25) is 0 Å². The molecule has 1 aliphatic heterocycles. The molecular weight excluding hydrogens is 260 g/mol. The van der Waals surface area contributed by atoms with Crippen LogP contribution in [0.5, 0.6) is 0 Å². The van der Waals surface area contributed by atoms with Crippen LogP contribution in [0.15, 0.2) is 18.2 Å². The number of non-ortho nitro benzene ring substituents is 1. The molecule has 0 bridgehead atoms. The van der Waals surface area contributed by atoms with Crippen molar-refractivity contribution < 1.29 is 14.5 Å². The molecule has 0 unspecified atom stereocenters. The zero-order valence-electron chi connectivity index (χ0n) is 11.9. The number of hydrogen-bond acceptors (Lipinski definition) is 5. The first kappa shape index (κ1) is 14.5. The fourth-order valence-electron chi connectivity index (χ4n) is 2.42. The number of morpholine rings is 1. The van der Waals surface area contributed by atoms with Crippen molar-refractivity contribution in [2.75, 3.05) is 24.6 Å². The molecule has 1 aromatic rings. The molecule has 20 heavy (non-hydrogen) atoms. The first-order valence-corrected chi connectivity index (χ1v) is 6.48. The third-order valence-electron chi connectivity index (χ3n) is 3.34. The van der Waals surface area contributed by atoms with E-state index in [0.717, 1.165) is 5.69 Å². The number of nitro groups is 1. The van der Waals surface area contributed by atoms with Gasteiger partial charge in [-0.05, 0) is 26.8 Å². The van der Waals surface area contributed by atoms with E-state index in [2.05, 4.69) is 0 Å². The van der Waals surface area contributed by atoms with Gasteiger partial charge < -0.3 is 9.64 Å². The van der Waals surface area contributed by atoms with Gasteiger partial charge in [0.05, 0.1) is 17.1 Å². The predicted octanol–water partition coefficient (Wildman–Crippen LogP) is 2.41. The van der Waals surface area contributed by atoms with Gasteiger partial charge in [0.15, 0.2) is 5.78 Å². The van der Waals surface area contributed by atoms with Crippen molar-refractivity contribution in [1.82, 2.24) is 0 Å². The highest BCUT2D eigenvalue weighted by Gasteiger charge is 2.29. The Balaban J connectivity index is 2.40. The van der Waals surface area contributed by atoms with Crippen LogP contribution >= 0.6 is 0 Å². The van der Waals surface area contributed by atoms with E-state index in [1.807, 2.05) is 18.7 Å². The Kier molecular flexibility index (Phi) is 3.76. The molecule has 0 amide bonds. The Bertz CT molecular complexity index is 554. The molecule has 6 heteroatoms. The number of carbonyl (C=O) groups is 1. The van der Waals surface area contributed by atoms with E-state index in [1.54, 1.807) is 6.07 Å². The first-order chi connectivity index (χ1) is 9.30. The number of carbonyl (C=O) groups excluding carboxylic acids is 1. The van der Waals surface area contributed by atoms with Gasteiger partial charge in [-0.25, -0.2) is 0 Å². The van der Waals surface area contributed by atoms with Gasteiger partial charge in [0, 0.05) is 36.5 Å². The predicted molar refractivity (Wildman–Crippen MR) is 75.3 cm³/mol. The van der Waals surface area contributed by atoms with Gasteiger partial charge in [-0.15, -0.1) is 0 Å². The minimum atomic E-state index is -0.487. The SMILES string of the molecule is CC(=O)c1cc([N+](=O)[O-])ccc1N1CCOC(C)(C)C1. The zero-order chi connectivity index (χ0) is 14.9. The Morgan fingerprint density at radius 2 is 2.15 bits per heavy atom. The summed E-state index contributed by atoms with van der Waals surface area (Å²) in [5.41, 5.74) is 0.761. The quantitative estimate of drug-likeness (QED) is 0.482. The first-order valence-electron chi connectivity index (χ1n) is 6.48. The lowest BCUT2D eigenvalue weighted by Gasteiger charge is -2.40. The molecule has 1 saturated heterocycles. The molecule has 0 spiro atoms. The van der Waals surface area contributed by atoms with Crippen LogP contribution in [0.2, 0.25) is 0 Å². The number of anilines is 1. The maximum atomic E-state index is 11.8. The maximum absolute atomic E-state index is 11.8. The largest absolute Gasteiger partial charge is 0.372 e. The third-order valence-corrected chi connectivity index (χ3v) is 3.34. The number of nitro benzene ring substituents is 1. The van der Waals surface area contributed by atoms with Crippen LogP contribution in [0.3, 0.4) is 0 Å². The monoisotopic (exact) mass is 278 g/mol. The number of rotatable bonds is 3. The molecule has 1 fully saturated rings. The molecular formula is C14H18N2O4. The third kappa shape index (κ3) is 2.96. The summed E-state index contributed by atoms with van der Waals surface area (Å²) >= 11 is 0. The highest BCUT2D eigenvalue weighted by molar-refractivity contribution is 6.00. The standard InChI is InChI=1S/C14H18N2O4/c1-10(17)12-8-11(16(18)19)4-5-13(12)15-6-7-20-14(2,3)9-15/h4-5,8H,6-7,9H2,1-3H3. The van der Waals surface area contributed by atoms with Crippen LogP contribution in [-0.4, -0.2) is 36.0 Å². The molecule has 6 nitrogen and oxygen atoms in total.